The van der Waals surface area contributed by atoms with E-state index in [1.54, 1.807) is 13.2 Å². The lowest BCUT2D eigenvalue weighted by Crippen LogP contribution is -2.38. The highest BCUT2D eigenvalue weighted by atomic mass is 16.6. The van der Waals surface area contributed by atoms with E-state index in [0.29, 0.717) is 12.6 Å². The predicted octanol–water partition coefficient (Wildman–Crippen LogP) is 2.15. The maximum atomic E-state index is 12.2. The number of nitrogens with one attached hydrogen (secondary N) is 1. The van der Waals surface area contributed by atoms with E-state index in [-0.39, 0.29) is 12.7 Å². The molecule has 0 aliphatic carbocycles. The van der Waals surface area contributed by atoms with Crippen LogP contribution < -0.4 is 10.2 Å². The van der Waals surface area contributed by atoms with Gasteiger partial charge in [0.25, 0.3) is 0 Å². The van der Waals surface area contributed by atoms with Crippen LogP contribution in [0, 0.1) is 0 Å². The lowest BCUT2D eigenvalue weighted by Gasteiger charge is -2.24. The number of hydrogen-bond donors (Lipinski definition) is 1. The van der Waals surface area contributed by atoms with Crippen molar-refractivity contribution in [1.29, 1.82) is 0 Å². The van der Waals surface area contributed by atoms with Crippen molar-refractivity contribution in [3.63, 3.8) is 0 Å². The Bertz CT molecular complexity index is 653. The molecule has 2 heterocycles. The van der Waals surface area contributed by atoms with E-state index in [9.17, 15) is 4.79 Å². The van der Waals surface area contributed by atoms with Crippen molar-refractivity contribution in [2.45, 2.75) is 32.7 Å². The summed E-state index contributed by atoms with van der Waals surface area (Å²) in [4.78, 5) is 13.7. The number of amides is 1. The standard InChI is InChI=1S/C16H20N4O2/c1-12-10-20-15(8-17-12)14(9-18-20)19(2)16(21)22-11-13-6-4-3-5-7-13/h3-7,9,12,17H,8,10-11H2,1-2H3/t12-/m0/s1. The number of hydrogen-bond acceptors (Lipinski definition) is 4. The van der Waals surface area contributed by atoms with E-state index in [1.807, 2.05) is 35.0 Å². The minimum atomic E-state index is -0.377. The number of ether oxygens (including phenoxy) is 1. The Balaban J connectivity index is 1.66. The van der Waals surface area contributed by atoms with Crippen molar-refractivity contribution >= 4 is 11.8 Å². The van der Waals surface area contributed by atoms with Crippen molar-refractivity contribution in [3.05, 3.63) is 47.8 Å². The Morgan fingerprint density at radius 2 is 2.23 bits per heavy atom. The Morgan fingerprint density at radius 3 is 3.00 bits per heavy atom. The molecule has 22 heavy (non-hydrogen) atoms. The summed E-state index contributed by atoms with van der Waals surface area (Å²) in [6.45, 7) is 3.89. The van der Waals surface area contributed by atoms with E-state index in [4.69, 9.17) is 4.74 Å². The molecule has 0 saturated carbocycles. The second-order valence-electron chi connectivity index (χ2n) is 5.54. The van der Waals surface area contributed by atoms with Crippen LogP contribution in [0.4, 0.5) is 10.5 Å². The molecular weight excluding hydrogens is 280 g/mol. The van der Waals surface area contributed by atoms with Crippen LogP contribution in [0.5, 0.6) is 0 Å². The molecule has 1 aliphatic rings. The minimum Gasteiger partial charge on any atom is -0.444 e. The van der Waals surface area contributed by atoms with E-state index >= 15 is 0 Å². The first kappa shape index (κ1) is 14.6. The van der Waals surface area contributed by atoms with Gasteiger partial charge in [0.05, 0.1) is 24.1 Å². The molecule has 3 rings (SSSR count). The molecule has 1 amide bonds. The molecule has 0 radical (unpaired) electrons. The molecular formula is C16H20N4O2. The Kier molecular flexibility index (Phi) is 4.11. The maximum absolute atomic E-state index is 12.2. The second kappa shape index (κ2) is 6.19. The smallest absolute Gasteiger partial charge is 0.414 e. The number of carbonyl (C=O) groups excluding carboxylic acids is 1. The van der Waals surface area contributed by atoms with E-state index in [0.717, 1.165) is 23.5 Å². The molecule has 0 fully saturated rings. The molecule has 1 aromatic heterocycles. The zero-order chi connectivity index (χ0) is 15.5. The monoisotopic (exact) mass is 300 g/mol. The number of carbonyl (C=O) groups is 1. The Hall–Kier alpha value is -2.34. The van der Waals surface area contributed by atoms with Crippen molar-refractivity contribution in [3.8, 4) is 0 Å². The summed E-state index contributed by atoms with van der Waals surface area (Å²) in [5.74, 6) is 0. The van der Waals surface area contributed by atoms with Gasteiger partial charge in [-0.2, -0.15) is 5.10 Å². The highest BCUT2D eigenvalue weighted by Crippen LogP contribution is 2.22. The normalized spacial score (nSPS) is 16.9. The van der Waals surface area contributed by atoms with Crippen LogP contribution in [0.3, 0.4) is 0 Å². The maximum Gasteiger partial charge on any atom is 0.414 e. The van der Waals surface area contributed by atoms with Gasteiger partial charge in [-0.3, -0.25) is 9.58 Å². The molecule has 1 N–H and O–H groups in total. The van der Waals surface area contributed by atoms with Crippen LogP contribution in [0.2, 0.25) is 0 Å². The van der Waals surface area contributed by atoms with Crippen LogP contribution in [-0.2, 0) is 24.4 Å². The van der Waals surface area contributed by atoms with Gasteiger partial charge in [-0.05, 0) is 12.5 Å². The lowest BCUT2D eigenvalue weighted by atomic mass is 10.2. The summed E-state index contributed by atoms with van der Waals surface area (Å²) in [6.07, 6.45) is 1.34. The van der Waals surface area contributed by atoms with Gasteiger partial charge in [-0.25, -0.2) is 4.79 Å². The second-order valence-corrected chi connectivity index (χ2v) is 5.54. The van der Waals surface area contributed by atoms with Crippen molar-refractivity contribution < 1.29 is 9.53 Å². The Labute approximate surface area is 129 Å². The van der Waals surface area contributed by atoms with Gasteiger partial charge in [0.15, 0.2) is 0 Å². The van der Waals surface area contributed by atoms with Crippen LogP contribution >= 0.6 is 0 Å². The van der Waals surface area contributed by atoms with Crippen molar-refractivity contribution in [2.75, 3.05) is 11.9 Å². The number of benzene rings is 1. The van der Waals surface area contributed by atoms with Gasteiger partial charge in [0.1, 0.15) is 6.61 Å². The molecule has 0 saturated heterocycles. The fourth-order valence-corrected chi connectivity index (χ4v) is 2.53. The third kappa shape index (κ3) is 2.96. The van der Waals surface area contributed by atoms with E-state index in [2.05, 4.69) is 17.3 Å². The molecule has 6 heteroatoms. The van der Waals surface area contributed by atoms with Crippen LogP contribution in [-0.4, -0.2) is 29.0 Å². The largest absolute Gasteiger partial charge is 0.444 e. The van der Waals surface area contributed by atoms with Gasteiger partial charge in [-0.1, -0.05) is 30.3 Å². The zero-order valence-corrected chi connectivity index (χ0v) is 12.8. The fraction of sp³-hybridized carbons (Fsp3) is 0.375. The van der Waals surface area contributed by atoms with E-state index in [1.165, 1.54) is 4.90 Å². The molecule has 0 bridgehead atoms. The molecule has 1 atom stereocenters. The highest BCUT2D eigenvalue weighted by molar-refractivity contribution is 5.87. The van der Waals surface area contributed by atoms with Gasteiger partial charge in [-0.15, -0.1) is 0 Å². The Morgan fingerprint density at radius 1 is 1.45 bits per heavy atom. The average molecular weight is 300 g/mol. The van der Waals surface area contributed by atoms with Crippen molar-refractivity contribution in [1.82, 2.24) is 15.1 Å². The highest BCUT2D eigenvalue weighted by Gasteiger charge is 2.23. The SMILES string of the molecule is C[C@H]1Cn2ncc(N(C)C(=O)OCc3ccccc3)c2CN1. The summed E-state index contributed by atoms with van der Waals surface area (Å²) >= 11 is 0. The number of fused-ring (bicyclic) bond motifs is 1. The third-order valence-corrected chi connectivity index (χ3v) is 3.83. The zero-order valence-electron chi connectivity index (χ0n) is 12.8. The molecule has 2 aromatic rings. The van der Waals surface area contributed by atoms with E-state index < -0.39 is 0 Å². The van der Waals surface area contributed by atoms with Crippen LogP contribution in [0.15, 0.2) is 36.5 Å². The van der Waals surface area contributed by atoms with Gasteiger partial charge >= 0.3 is 6.09 Å². The molecule has 6 nitrogen and oxygen atoms in total. The summed E-state index contributed by atoms with van der Waals surface area (Å²) in [5.41, 5.74) is 2.77. The van der Waals surface area contributed by atoms with Crippen LogP contribution in [0.1, 0.15) is 18.2 Å². The summed E-state index contributed by atoms with van der Waals surface area (Å²) < 4.78 is 7.30. The number of aromatic nitrogens is 2. The number of rotatable bonds is 3. The first-order valence-electron chi connectivity index (χ1n) is 7.37. The minimum absolute atomic E-state index is 0.267. The molecule has 0 unspecified atom stereocenters. The van der Waals surface area contributed by atoms with Gasteiger partial charge in [0, 0.05) is 19.6 Å². The predicted molar refractivity (Wildman–Crippen MR) is 83.6 cm³/mol. The summed E-state index contributed by atoms with van der Waals surface area (Å²) in [7, 11) is 1.71. The lowest BCUT2D eigenvalue weighted by molar-refractivity contribution is 0.148. The molecule has 1 aliphatic heterocycles. The third-order valence-electron chi connectivity index (χ3n) is 3.83. The molecule has 1 aromatic carbocycles. The number of anilines is 1. The topological polar surface area (TPSA) is 59.4 Å². The quantitative estimate of drug-likeness (QED) is 0.943. The average Bonchev–Trinajstić information content (AvgIpc) is 2.95. The summed E-state index contributed by atoms with van der Waals surface area (Å²) in [6, 6.07) is 10.0. The molecule has 0 spiro atoms. The first-order chi connectivity index (χ1) is 10.6. The van der Waals surface area contributed by atoms with Crippen LogP contribution in [0.25, 0.3) is 0 Å². The van der Waals surface area contributed by atoms with Gasteiger partial charge in [0.2, 0.25) is 0 Å². The summed E-state index contributed by atoms with van der Waals surface area (Å²) in [5, 5.41) is 7.73. The van der Waals surface area contributed by atoms with Gasteiger partial charge < -0.3 is 10.1 Å². The number of nitrogens with zero attached hydrogens (tertiary/aromatic N) is 3. The fourth-order valence-electron chi connectivity index (χ4n) is 2.53. The molecule has 116 valence electrons. The first-order valence-corrected chi connectivity index (χ1v) is 7.37. The van der Waals surface area contributed by atoms with Crippen molar-refractivity contribution in [2.24, 2.45) is 0 Å².